The van der Waals surface area contributed by atoms with Crippen molar-refractivity contribution in [3.05, 3.63) is 103 Å². The van der Waals surface area contributed by atoms with Crippen molar-refractivity contribution < 1.29 is 9.59 Å². The first-order chi connectivity index (χ1) is 20.1. The average molecular weight is 578 g/mol. The molecule has 8 heteroatoms. The normalized spacial score (nSPS) is 14.3. The third-order valence-corrected chi connectivity index (χ3v) is 8.49. The van der Waals surface area contributed by atoms with Gasteiger partial charge < -0.3 is 14.1 Å². The van der Waals surface area contributed by atoms with Crippen molar-refractivity contribution in [2.45, 2.75) is 25.4 Å². The summed E-state index contributed by atoms with van der Waals surface area (Å²) < 4.78 is 4.49. The molecule has 0 atom stereocenters. The van der Waals surface area contributed by atoms with Crippen molar-refractivity contribution in [1.82, 2.24) is 24.0 Å². The van der Waals surface area contributed by atoms with Gasteiger partial charge in [-0.2, -0.15) is 0 Å². The molecule has 0 spiro atoms. The topological polar surface area (TPSA) is 75.9 Å². The molecule has 1 aliphatic heterocycles. The Bertz CT molecular complexity index is 1890. The van der Waals surface area contributed by atoms with Crippen LogP contribution in [0, 0.1) is 0 Å². The monoisotopic (exact) mass is 577 g/mol. The Kier molecular flexibility index (Phi) is 7.54. The molecule has 1 saturated heterocycles. The van der Waals surface area contributed by atoms with Gasteiger partial charge in [0.2, 0.25) is 5.78 Å². The maximum Gasteiger partial charge on any atom is 0.242 e. The SMILES string of the molecule is Cl.Cn1cc(-c2c[nH]c(C(=O)C=O)c2-c2cn(C3CCN(Cc4ccccn4)CC3)c3ccccc23)c2ccccc21. The van der Waals surface area contributed by atoms with Crippen LogP contribution in [0.15, 0.2) is 91.5 Å². The molecule has 212 valence electrons. The number of ketones is 1. The number of carbonyl (C=O) groups excluding carboxylic acids is 2. The Hall–Kier alpha value is -4.46. The van der Waals surface area contributed by atoms with Gasteiger partial charge in [0.15, 0.2) is 6.29 Å². The molecule has 0 unspecified atom stereocenters. The Balaban J connectivity index is 0.00000316. The molecule has 0 bridgehead atoms. The van der Waals surface area contributed by atoms with E-state index in [1.165, 1.54) is 0 Å². The standard InChI is InChI=1S/C34H31N5O2.ClH/c1-37-20-28(25-9-2-4-11-30(25)37)27-18-36-34(32(41)22-40)33(27)29-21-39(31-12-5-3-10-26(29)31)24-13-16-38(17-14-24)19-23-8-6-7-15-35-23;/h2-12,15,18,20-22,24,36H,13-14,16-17,19H2,1H3;1H. The predicted octanol–water partition coefficient (Wildman–Crippen LogP) is 6.83. The van der Waals surface area contributed by atoms with E-state index in [9.17, 15) is 9.59 Å². The fraction of sp³-hybridized carbons (Fsp3) is 0.206. The number of fused-ring (bicyclic) bond motifs is 2. The van der Waals surface area contributed by atoms with Crippen molar-refractivity contribution in [3.63, 3.8) is 0 Å². The van der Waals surface area contributed by atoms with Gasteiger partial charge in [-0.05, 0) is 37.1 Å². The summed E-state index contributed by atoms with van der Waals surface area (Å²) in [5, 5.41) is 2.17. The molecule has 2 aromatic carbocycles. The van der Waals surface area contributed by atoms with Gasteiger partial charge in [-0.1, -0.05) is 42.5 Å². The van der Waals surface area contributed by atoms with E-state index in [1.54, 1.807) is 0 Å². The first-order valence-corrected chi connectivity index (χ1v) is 14.1. The maximum atomic E-state index is 12.9. The molecule has 4 aromatic heterocycles. The number of para-hydroxylation sites is 2. The van der Waals surface area contributed by atoms with E-state index < -0.39 is 5.78 Å². The maximum absolute atomic E-state index is 12.9. The predicted molar refractivity (Wildman–Crippen MR) is 169 cm³/mol. The van der Waals surface area contributed by atoms with Crippen LogP contribution in [0.5, 0.6) is 0 Å². The van der Waals surface area contributed by atoms with Crippen LogP contribution in [0.1, 0.15) is 35.1 Å². The van der Waals surface area contributed by atoms with E-state index in [2.05, 4.69) is 72.8 Å². The molecule has 42 heavy (non-hydrogen) atoms. The van der Waals surface area contributed by atoms with Gasteiger partial charge in [-0.25, -0.2) is 0 Å². The van der Waals surface area contributed by atoms with E-state index in [4.69, 9.17) is 0 Å². The minimum Gasteiger partial charge on any atom is -0.357 e. The smallest absolute Gasteiger partial charge is 0.242 e. The number of nitrogens with zero attached hydrogens (tertiary/aromatic N) is 4. The van der Waals surface area contributed by atoms with Crippen LogP contribution in [0.4, 0.5) is 0 Å². The van der Waals surface area contributed by atoms with Crippen LogP contribution in [-0.2, 0) is 18.4 Å². The molecule has 7 nitrogen and oxygen atoms in total. The van der Waals surface area contributed by atoms with Crippen LogP contribution in [0.3, 0.4) is 0 Å². The van der Waals surface area contributed by atoms with E-state index in [0.29, 0.717) is 18.0 Å². The number of aldehydes is 1. The number of Topliss-reactive ketones (excluding diaryl/α,β-unsaturated/α-hetero) is 1. The van der Waals surface area contributed by atoms with E-state index in [1.807, 2.05) is 49.8 Å². The molecule has 1 fully saturated rings. The number of piperidine rings is 1. The highest BCUT2D eigenvalue weighted by Gasteiger charge is 2.27. The van der Waals surface area contributed by atoms with Crippen LogP contribution < -0.4 is 0 Å². The lowest BCUT2D eigenvalue weighted by Gasteiger charge is -2.33. The number of aromatic nitrogens is 4. The van der Waals surface area contributed by atoms with Gasteiger partial charge in [-0.3, -0.25) is 19.5 Å². The summed E-state index contributed by atoms with van der Waals surface area (Å²) in [5.41, 5.74) is 7.36. The second kappa shape index (κ2) is 11.4. The lowest BCUT2D eigenvalue weighted by Crippen LogP contribution is -2.34. The zero-order valence-corrected chi connectivity index (χ0v) is 24.2. The first-order valence-electron chi connectivity index (χ1n) is 14.1. The fourth-order valence-corrected chi connectivity index (χ4v) is 6.51. The number of nitrogens with one attached hydrogen (secondary N) is 1. The van der Waals surface area contributed by atoms with E-state index in [0.717, 1.165) is 82.2 Å². The summed E-state index contributed by atoms with van der Waals surface area (Å²) in [6.07, 6.45) is 10.5. The van der Waals surface area contributed by atoms with Crippen LogP contribution in [-0.4, -0.2) is 49.2 Å². The van der Waals surface area contributed by atoms with Gasteiger partial charge in [0.1, 0.15) is 0 Å². The third kappa shape index (κ3) is 4.74. The number of pyridine rings is 1. The van der Waals surface area contributed by atoms with Gasteiger partial charge in [0.05, 0.1) is 11.4 Å². The number of H-pyrrole nitrogens is 1. The van der Waals surface area contributed by atoms with Gasteiger partial charge in [0.25, 0.3) is 0 Å². The van der Waals surface area contributed by atoms with Crippen molar-refractivity contribution in [3.8, 4) is 22.3 Å². The highest BCUT2D eigenvalue weighted by atomic mass is 35.5. The number of hydrogen-bond acceptors (Lipinski definition) is 4. The molecule has 0 amide bonds. The quantitative estimate of drug-likeness (QED) is 0.128. The zero-order chi connectivity index (χ0) is 27.9. The Morgan fingerprint density at radius 3 is 2.31 bits per heavy atom. The summed E-state index contributed by atoms with van der Waals surface area (Å²) in [7, 11) is 2.03. The molecule has 7 rings (SSSR count). The molecular formula is C34H32ClN5O2. The van der Waals surface area contributed by atoms with Crippen molar-refractivity contribution in [2.75, 3.05) is 13.1 Å². The minimum atomic E-state index is -0.550. The van der Waals surface area contributed by atoms with E-state index in [-0.39, 0.29) is 12.4 Å². The number of benzene rings is 2. The van der Waals surface area contributed by atoms with Crippen LogP contribution in [0.25, 0.3) is 44.1 Å². The molecule has 0 radical (unpaired) electrons. The summed E-state index contributed by atoms with van der Waals surface area (Å²) in [4.78, 5) is 34.8. The average Bonchev–Trinajstić information content (AvgIpc) is 3.71. The largest absolute Gasteiger partial charge is 0.357 e. The van der Waals surface area contributed by atoms with Crippen molar-refractivity contribution >= 4 is 46.3 Å². The number of aryl methyl sites for hydroxylation is 1. The second-order valence-corrected chi connectivity index (χ2v) is 10.9. The number of likely N-dealkylation sites (tertiary alicyclic amines) is 1. The van der Waals surface area contributed by atoms with Crippen molar-refractivity contribution in [1.29, 1.82) is 0 Å². The minimum absolute atomic E-state index is 0. The molecule has 1 aliphatic rings. The first kappa shape index (κ1) is 27.7. The number of rotatable bonds is 7. The third-order valence-electron chi connectivity index (χ3n) is 8.49. The number of carbonyl (C=O) groups is 2. The molecule has 5 heterocycles. The Morgan fingerprint density at radius 1 is 0.905 bits per heavy atom. The van der Waals surface area contributed by atoms with Crippen LogP contribution in [0.2, 0.25) is 0 Å². The molecule has 0 saturated carbocycles. The highest BCUT2D eigenvalue weighted by molar-refractivity contribution is 6.35. The summed E-state index contributed by atoms with van der Waals surface area (Å²) in [5.74, 6) is -0.550. The molecule has 1 N–H and O–H groups in total. The molecular weight excluding hydrogens is 546 g/mol. The number of aromatic amines is 1. The van der Waals surface area contributed by atoms with Gasteiger partial charge in [0, 0.05) is 102 Å². The summed E-state index contributed by atoms with van der Waals surface area (Å²) in [6, 6.07) is 23.0. The molecule has 0 aliphatic carbocycles. The van der Waals surface area contributed by atoms with Gasteiger partial charge in [-0.15, -0.1) is 12.4 Å². The summed E-state index contributed by atoms with van der Waals surface area (Å²) >= 11 is 0. The zero-order valence-electron chi connectivity index (χ0n) is 23.4. The van der Waals surface area contributed by atoms with Gasteiger partial charge >= 0.3 is 0 Å². The number of halogens is 1. The lowest BCUT2D eigenvalue weighted by atomic mass is 9.95. The Morgan fingerprint density at radius 2 is 1.60 bits per heavy atom. The van der Waals surface area contributed by atoms with Crippen LogP contribution >= 0.6 is 12.4 Å². The lowest BCUT2D eigenvalue weighted by molar-refractivity contribution is -0.104. The van der Waals surface area contributed by atoms with E-state index >= 15 is 0 Å². The second-order valence-electron chi connectivity index (χ2n) is 10.9. The van der Waals surface area contributed by atoms with Crippen molar-refractivity contribution in [2.24, 2.45) is 7.05 Å². The highest BCUT2D eigenvalue weighted by Crippen LogP contribution is 2.43. The molecule has 6 aromatic rings. The number of hydrogen-bond donors (Lipinski definition) is 1. The fourth-order valence-electron chi connectivity index (χ4n) is 6.51. The summed E-state index contributed by atoms with van der Waals surface area (Å²) in [6.45, 7) is 2.84. The Labute approximate surface area is 250 Å².